The number of amides is 1. The van der Waals surface area contributed by atoms with Crippen molar-refractivity contribution in [1.82, 2.24) is 19.7 Å². The Morgan fingerprint density at radius 3 is 2.59 bits per heavy atom. The van der Waals surface area contributed by atoms with E-state index in [2.05, 4.69) is 19.7 Å². The summed E-state index contributed by atoms with van der Waals surface area (Å²) in [6.45, 7) is 6.11. The average Bonchev–Trinajstić information content (AvgIpc) is 3.30. The van der Waals surface area contributed by atoms with Crippen LogP contribution in [-0.4, -0.2) is 57.6 Å². The molecule has 0 radical (unpaired) electrons. The molecule has 0 saturated carbocycles. The third-order valence-electron chi connectivity index (χ3n) is 4.98. The van der Waals surface area contributed by atoms with Gasteiger partial charge in [-0.05, 0) is 50.5 Å². The van der Waals surface area contributed by atoms with Gasteiger partial charge in [0.05, 0.1) is 12.4 Å². The van der Waals surface area contributed by atoms with Gasteiger partial charge in [-0.15, -0.1) is 10.2 Å². The van der Waals surface area contributed by atoms with E-state index in [4.69, 9.17) is 4.74 Å². The maximum absolute atomic E-state index is 12.4. The summed E-state index contributed by atoms with van der Waals surface area (Å²) in [6.07, 6.45) is 3.47. The number of thioether (sulfide) groups is 1. The Labute approximate surface area is 163 Å². The van der Waals surface area contributed by atoms with Crippen molar-refractivity contribution in [3.63, 3.8) is 0 Å². The second-order valence-electron chi connectivity index (χ2n) is 6.74. The van der Waals surface area contributed by atoms with E-state index in [9.17, 15) is 4.79 Å². The molecular weight excluding hydrogens is 362 g/mol. The minimum absolute atomic E-state index is 0.207. The third-order valence-corrected chi connectivity index (χ3v) is 5.93. The zero-order valence-corrected chi connectivity index (χ0v) is 16.5. The molecule has 1 aromatic heterocycles. The number of rotatable bonds is 6. The van der Waals surface area contributed by atoms with Gasteiger partial charge in [0.2, 0.25) is 11.9 Å². The molecule has 27 heavy (non-hydrogen) atoms. The summed E-state index contributed by atoms with van der Waals surface area (Å²) in [4.78, 5) is 16.5. The summed E-state index contributed by atoms with van der Waals surface area (Å²) in [5, 5.41) is 9.51. The van der Waals surface area contributed by atoms with Crippen LogP contribution in [0.4, 0.5) is 11.6 Å². The van der Waals surface area contributed by atoms with Gasteiger partial charge in [-0.3, -0.25) is 9.36 Å². The predicted octanol–water partition coefficient (Wildman–Crippen LogP) is 2.93. The SMILES string of the molecule is CCOc1ccc(N2CCn3c(SCC(=O)N4CCCCC4)nnc32)cc1. The predicted molar refractivity (Wildman–Crippen MR) is 106 cm³/mol. The van der Waals surface area contributed by atoms with Gasteiger partial charge in [0.15, 0.2) is 5.16 Å². The molecule has 2 aromatic rings. The van der Waals surface area contributed by atoms with Crippen molar-refractivity contribution in [3.8, 4) is 5.75 Å². The largest absolute Gasteiger partial charge is 0.494 e. The summed E-state index contributed by atoms with van der Waals surface area (Å²) >= 11 is 1.49. The van der Waals surface area contributed by atoms with Gasteiger partial charge in [-0.1, -0.05) is 11.8 Å². The van der Waals surface area contributed by atoms with Crippen molar-refractivity contribution >= 4 is 29.3 Å². The lowest BCUT2D eigenvalue weighted by Crippen LogP contribution is -2.36. The molecule has 0 bridgehead atoms. The molecule has 0 unspecified atom stereocenters. The molecule has 2 aliphatic heterocycles. The van der Waals surface area contributed by atoms with E-state index in [1.54, 1.807) is 0 Å². The number of fused-ring (bicyclic) bond motifs is 1. The summed E-state index contributed by atoms with van der Waals surface area (Å²) < 4.78 is 7.61. The standard InChI is InChI=1S/C19H25N5O2S/c1-2-26-16-8-6-15(7-9-16)23-12-13-24-18(23)20-21-19(24)27-14-17(25)22-10-4-3-5-11-22/h6-9H,2-5,10-14H2,1H3. The lowest BCUT2D eigenvalue weighted by atomic mass is 10.1. The van der Waals surface area contributed by atoms with Crippen LogP contribution in [0.2, 0.25) is 0 Å². The van der Waals surface area contributed by atoms with Crippen molar-refractivity contribution in [2.24, 2.45) is 0 Å². The Balaban J connectivity index is 1.40. The van der Waals surface area contributed by atoms with Crippen LogP contribution in [0.25, 0.3) is 0 Å². The Morgan fingerprint density at radius 1 is 1.07 bits per heavy atom. The molecule has 0 aliphatic carbocycles. The van der Waals surface area contributed by atoms with Gasteiger partial charge in [0.1, 0.15) is 5.75 Å². The number of aromatic nitrogens is 3. The molecule has 0 atom stereocenters. The van der Waals surface area contributed by atoms with Crippen LogP contribution >= 0.6 is 11.8 Å². The van der Waals surface area contributed by atoms with Crippen molar-refractivity contribution in [1.29, 1.82) is 0 Å². The minimum atomic E-state index is 0.207. The van der Waals surface area contributed by atoms with Crippen LogP contribution in [0.15, 0.2) is 29.4 Å². The first-order valence-corrected chi connectivity index (χ1v) is 10.6. The van der Waals surface area contributed by atoms with Crippen molar-refractivity contribution in [2.45, 2.75) is 37.9 Å². The maximum Gasteiger partial charge on any atom is 0.233 e. The first kappa shape index (κ1) is 18.2. The molecule has 0 N–H and O–H groups in total. The average molecular weight is 388 g/mol. The summed E-state index contributed by atoms with van der Waals surface area (Å²) in [7, 11) is 0. The smallest absolute Gasteiger partial charge is 0.233 e. The molecule has 144 valence electrons. The summed E-state index contributed by atoms with van der Waals surface area (Å²) in [5.41, 5.74) is 1.07. The van der Waals surface area contributed by atoms with Crippen molar-refractivity contribution < 1.29 is 9.53 Å². The second-order valence-corrected chi connectivity index (χ2v) is 7.69. The van der Waals surface area contributed by atoms with Gasteiger partial charge < -0.3 is 14.5 Å². The summed E-state index contributed by atoms with van der Waals surface area (Å²) in [6, 6.07) is 8.04. The Hall–Kier alpha value is -2.22. The van der Waals surface area contributed by atoms with Crippen molar-refractivity contribution in [3.05, 3.63) is 24.3 Å². The van der Waals surface area contributed by atoms with Crippen LogP contribution in [0, 0.1) is 0 Å². The quantitative estimate of drug-likeness (QED) is 0.710. The van der Waals surface area contributed by atoms with Crippen LogP contribution < -0.4 is 9.64 Å². The zero-order valence-electron chi connectivity index (χ0n) is 15.6. The number of piperidine rings is 1. The number of carbonyl (C=O) groups is 1. The fourth-order valence-corrected chi connectivity index (χ4v) is 4.44. The molecule has 3 heterocycles. The van der Waals surface area contributed by atoms with Gasteiger partial charge in [0.25, 0.3) is 0 Å². The van der Waals surface area contributed by atoms with Crippen LogP contribution in [0.3, 0.4) is 0 Å². The van der Waals surface area contributed by atoms with Crippen LogP contribution in [0.1, 0.15) is 26.2 Å². The Morgan fingerprint density at radius 2 is 1.85 bits per heavy atom. The lowest BCUT2D eigenvalue weighted by Gasteiger charge is -2.26. The topological polar surface area (TPSA) is 63.5 Å². The number of likely N-dealkylation sites (tertiary alicyclic amines) is 1. The minimum Gasteiger partial charge on any atom is -0.494 e. The van der Waals surface area contributed by atoms with E-state index in [0.717, 1.165) is 61.6 Å². The zero-order chi connectivity index (χ0) is 18.6. The number of anilines is 2. The van der Waals surface area contributed by atoms with E-state index in [1.807, 2.05) is 36.1 Å². The highest BCUT2D eigenvalue weighted by Gasteiger charge is 2.27. The number of ether oxygens (including phenoxy) is 1. The first-order chi connectivity index (χ1) is 13.3. The maximum atomic E-state index is 12.4. The number of carbonyl (C=O) groups excluding carboxylic acids is 1. The lowest BCUT2D eigenvalue weighted by molar-refractivity contribution is -0.129. The molecular formula is C19H25N5O2S. The number of hydrogen-bond acceptors (Lipinski definition) is 6. The van der Waals surface area contributed by atoms with E-state index >= 15 is 0 Å². The van der Waals surface area contributed by atoms with E-state index in [-0.39, 0.29) is 5.91 Å². The molecule has 2 aliphatic rings. The van der Waals surface area contributed by atoms with Gasteiger partial charge in [-0.2, -0.15) is 0 Å². The fourth-order valence-electron chi connectivity index (χ4n) is 3.58. The van der Waals surface area contributed by atoms with Gasteiger partial charge >= 0.3 is 0 Å². The highest BCUT2D eigenvalue weighted by Crippen LogP contribution is 2.33. The highest BCUT2D eigenvalue weighted by atomic mass is 32.2. The van der Waals surface area contributed by atoms with Crippen molar-refractivity contribution in [2.75, 3.05) is 36.9 Å². The van der Waals surface area contributed by atoms with E-state index in [0.29, 0.717) is 12.4 Å². The molecule has 4 rings (SSSR count). The summed E-state index contributed by atoms with van der Waals surface area (Å²) in [5.74, 6) is 2.35. The Bertz CT molecular complexity index is 786. The van der Waals surface area contributed by atoms with E-state index in [1.165, 1.54) is 18.2 Å². The monoisotopic (exact) mass is 387 g/mol. The first-order valence-electron chi connectivity index (χ1n) is 9.60. The molecule has 1 fully saturated rings. The normalized spacial score (nSPS) is 16.5. The highest BCUT2D eigenvalue weighted by molar-refractivity contribution is 7.99. The molecule has 1 aromatic carbocycles. The molecule has 1 amide bonds. The number of benzene rings is 1. The van der Waals surface area contributed by atoms with Crippen LogP contribution in [-0.2, 0) is 11.3 Å². The van der Waals surface area contributed by atoms with Crippen LogP contribution in [0.5, 0.6) is 5.75 Å². The number of hydrogen-bond donors (Lipinski definition) is 0. The number of nitrogens with zero attached hydrogens (tertiary/aromatic N) is 5. The molecule has 0 spiro atoms. The van der Waals surface area contributed by atoms with Gasteiger partial charge in [-0.25, -0.2) is 0 Å². The Kier molecular flexibility index (Phi) is 5.52. The third kappa shape index (κ3) is 3.90. The molecule has 8 heteroatoms. The molecule has 1 saturated heterocycles. The van der Waals surface area contributed by atoms with Gasteiger partial charge in [0, 0.05) is 31.9 Å². The van der Waals surface area contributed by atoms with E-state index < -0.39 is 0 Å². The molecule has 7 nitrogen and oxygen atoms in total. The second kappa shape index (κ2) is 8.21. The fraction of sp³-hybridized carbons (Fsp3) is 0.526.